The standard InChI is InChI=1S/C31H43NO3.C18H21N3O4/c1-6-15-30-28(8-3)29-19-18-27(24-31(29)32(30)5)26(7-2)17-16-25(4)35-23-14-10-13-22-34-21-12-9-11-20-33;1-11-9-13(25-12-3-2-4-12)5-6-14(11)18(24)21(10-19)15-7-8-16(22)20-17(15)23/h6-8,15-19,24,33H,1,4,9-14,20-23H2,2-3,5H3;5-6,9-10,12,15,19H,2-4,7-8H2,1H3,(H,20,22,23)/b17-16-,26-7+,28-8-,30-15+;. The summed E-state index contributed by atoms with van der Waals surface area (Å²) in [6.45, 7) is 16.4. The molecule has 1 aromatic heterocycles. The molecule has 2 heterocycles. The Bertz CT molecular complexity index is 2160. The molecular weight excluding hydrogens is 757 g/mol. The third kappa shape index (κ3) is 13.2. The van der Waals surface area contributed by atoms with Gasteiger partial charge in [0.25, 0.3) is 5.91 Å². The summed E-state index contributed by atoms with van der Waals surface area (Å²) in [7, 11) is 2.10. The van der Waals surface area contributed by atoms with Crippen molar-refractivity contribution in [3.63, 3.8) is 0 Å². The molecule has 0 bridgehead atoms. The average Bonchev–Trinajstić information content (AvgIpc) is 3.49. The molecule has 0 radical (unpaired) electrons. The lowest BCUT2D eigenvalue weighted by Crippen LogP contribution is -2.53. The Morgan fingerprint density at radius 1 is 1.00 bits per heavy atom. The number of fused-ring (bicyclic) bond motifs is 1. The molecule has 1 saturated heterocycles. The molecule has 1 aliphatic heterocycles. The van der Waals surface area contributed by atoms with Crippen molar-refractivity contribution in [2.75, 3.05) is 26.4 Å². The van der Waals surface area contributed by atoms with Gasteiger partial charge in [-0.2, -0.15) is 0 Å². The molecule has 60 heavy (non-hydrogen) atoms. The van der Waals surface area contributed by atoms with Crippen LogP contribution in [0.4, 0.5) is 0 Å². The van der Waals surface area contributed by atoms with Gasteiger partial charge in [0.2, 0.25) is 11.8 Å². The fourth-order valence-corrected chi connectivity index (χ4v) is 7.16. The number of allylic oxidation sites excluding steroid dienone is 5. The molecule has 3 amide bonds. The van der Waals surface area contributed by atoms with E-state index in [0.717, 1.165) is 98.3 Å². The molecule has 2 aromatic carbocycles. The molecular formula is C49H64N4O7. The Kier molecular flexibility index (Phi) is 19.3. The quantitative estimate of drug-likeness (QED) is 0.0251. The highest BCUT2D eigenvalue weighted by Crippen LogP contribution is 2.27. The second kappa shape index (κ2) is 24.5. The van der Waals surface area contributed by atoms with E-state index in [2.05, 4.69) is 86.4 Å². The number of amides is 3. The smallest absolute Gasteiger partial charge is 0.259 e. The molecule has 11 nitrogen and oxygen atoms in total. The maximum Gasteiger partial charge on any atom is 0.259 e. The molecule has 5 rings (SSSR count). The third-order valence-corrected chi connectivity index (χ3v) is 10.8. The minimum atomic E-state index is -0.840. The van der Waals surface area contributed by atoms with E-state index in [4.69, 9.17) is 24.7 Å². The summed E-state index contributed by atoms with van der Waals surface area (Å²) < 4.78 is 19.5. The first-order valence-corrected chi connectivity index (χ1v) is 21.2. The number of piperidine rings is 1. The van der Waals surface area contributed by atoms with Crippen molar-refractivity contribution in [2.24, 2.45) is 7.05 Å². The fraction of sp³-hybridized carbons (Fsp3) is 0.429. The van der Waals surface area contributed by atoms with Crippen LogP contribution in [0.25, 0.3) is 28.6 Å². The first-order chi connectivity index (χ1) is 29.1. The summed E-state index contributed by atoms with van der Waals surface area (Å²) in [5.41, 5.74) is 4.62. The number of aromatic nitrogens is 1. The number of imide groups is 1. The number of aryl methyl sites for hydroxylation is 2. The molecule has 2 fully saturated rings. The zero-order chi connectivity index (χ0) is 43.4. The average molecular weight is 821 g/mol. The van der Waals surface area contributed by atoms with Crippen molar-refractivity contribution in [1.29, 1.82) is 5.41 Å². The molecule has 1 aliphatic carbocycles. The number of hydrogen-bond donors (Lipinski definition) is 3. The van der Waals surface area contributed by atoms with Gasteiger partial charge in [-0.05, 0) is 138 Å². The molecule has 2 aliphatic rings. The maximum atomic E-state index is 12.8. The van der Waals surface area contributed by atoms with Gasteiger partial charge < -0.3 is 23.9 Å². The van der Waals surface area contributed by atoms with Gasteiger partial charge in [-0.15, -0.1) is 0 Å². The number of hydrogen-bond acceptors (Lipinski definition) is 8. The SMILES string of the molecule is C=C/C=c1\c(=C/C)c2ccc(C(/C=C\C(=C)OCCCCCOCCCCCO)=C/C)cc2n1C.Cc1cc(OC2CCC2)ccc1C(=O)N(C=N)C1CCC(=O)NC1=O. The molecule has 0 spiro atoms. The summed E-state index contributed by atoms with van der Waals surface area (Å²) in [6.07, 6.45) is 23.0. The lowest BCUT2D eigenvalue weighted by atomic mass is 9.96. The van der Waals surface area contributed by atoms with Crippen LogP contribution < -0.4 is 20.6 Å². The van der Waals surface area contributed by atoms with Crippen LogP contribution in [0, 0.1) is 12.3 Å². The molecule has 1 atom stereocenters. The zero-order valence-corrected chi connectivity index (χ0v) is 36.0. The van der Waals surface area contributed by atoms with Gasteiger partial charge in [0, 0.05) is 60.3 Å². The summed E-state index contributed by atoms with van der Waals surface area (Å²) in [5.74, 6) is 0.0662. The van der Waals surface area contributed by atoms with Crippen LogP contribution in [0.3, 0.4) is 0 Å². The number of carbonyl (C=O) groups excluding carboxylic acids is 3. The van der Waals surface area contributed by atoms with Crippen LogP contribution in [0.5, 0.6) is 5.75 Å². The Labute approximate surface area is 355 Å². The lowest BCUT2D eigenvalue weighted by molar-refractivity contribution is -0.135. The first-order valence-electron chi connectivity index (χ1n) is 21.2. The highest BCUT2D eigenvalue weighted by Gasteiger charge is 2.34. The second-order valence-corrected chi connectivity index (χ2v) is 15.1. The lowest BCUT2D eigenvalue weighted by Gasteiger charge is -2.30. The molecule has 3 aromatic rings. The molecule has 1 saturated carbocycles. The summed E-state index contributed by atoms with van der Waals surface area (Å²) >= 11 is 0. The minimum absolute atomic E-state index is 0.154. The predicted molar refractivity (Wildman–Crippen MR) is 241 cm³/mol. The number of nitrogens with one attached hydrogen (secondary N) is 2. The van der Waals surface area contributed by atoms with Crippen LogP contribution in [-0.2, 0) is 26.1 Å². The van der Waals surface area contributed by atoms with Crippen molar-refractivity contribution in [2.45, 2.75) is 104 Å². The minimum Gasteiger partial charge on any atom is -0.494 e. The van der Waals surface area contributed by atoms with Crippen molar-refractivity contribution < 1.29 is 33.7 Å². The van der Waals surface area contributed by atoms with Crippen LogP contribution in [0.2, 0.25) is 0 Å². The van der Waals surface area contributed by atoms with Gasteiger partial charge >= 0.3 is 0 Å². The monoisotopic (exact) mass is 820 g/mol. The van der Waals surface area contributed by atoms with E-state index < -0.39 is 17.9 Å². The Morgan fingerprint density at radius 3 is 2.35 bits per heavy atom. The zero-order valence-electron chi connectivity index (χ0n) is 36.0. The van der Waals surface area contributed by atoms with E-state index in [1.165, 1.54) is 27.9 Å². The number of aliphatic hydroxyl groups is 1. The highest BCUT2D eigenvalue weighted by atomic mass is 16.5. The number of carbonyl (C=O) groups is 3. The first kappa shape index (κ1) is 47.2. The van der Waals surface area contributed by atoms with Gasteiger partial charge in [-0.1, -0.05) is 49.6 Å². The normalized spacial score (nSPS) is 16.3. The van der Waals surface area contributed by atoms with E-state index >= 15 is 0 Å². The topological polar surface area (TPSA) is 143 Å². The van der Waals surface area contributed by atoms with Crippen molar-refractivity contribution in [1.82, 2.24) is 14.8 Å². The Balaban J connectivity index is 0.000000279. The largest absolute Gasteiger partial charge is 0.494 e. The Hall–Kier alpha value is -5.52. The summed E-state index contributed by atoms with van der Waals surface area (Å²) in [5, 5.41) is 22.2. The van der Waals surface area contributed by atoms with E-state index in [1.807, 2.05) is 12.2 Å². The van der Waals surface area contributed by atoms with E-state index in [0.29, 0.717) is 17.9 Å². The van der Waals surface area contributed by atoms with Crippen molar-refractivity contribution in [3.05, 3.63) is 107 Å². The number of aliphatic hydroxyl groups excluding tert-OH is 1. The van der Waals surface area contributed by atoms with Gasteiger partial charge in [0.05, 0.1) is 19.0 Å². The second-order valence-electron chi connectivity index (χ2n) is 15.1. The number of benzene rings is 2. The summed E-state index contributed by atoms with van der Waals surface area (Å²) in [4.78, 5) is 37.1. The highest BCUT2D eigenvalue weighted by molar-refractivity contribution is 6.07. The molecule has 3 N–H and O–H groups in total. The van der Waals surface area contributed by atoms with Crippen LogP contribution in [0.1, 0.15) is 106 Å². The third-order valence-electron chi connectivity index (χ3n) is 10.8. The number of ether oxygens (including phenoxy) is 3. The van der Waals surface area contributed by atoms with Crippen LogP contribution >= 0.6 is 0 Å². The van der Waals surface area contributed by atoms with E-state index in [9.17, 15) is 14.4 Å². The van der Waals surface area contributed by atoms with Gasteiger partial charge in [-0.3, -0.25) is 30.0 Å². The number of rotatable bonds is 21. The predicted octanol–water partition coefficient (Wildman–Crippen LogP) is 7.57. The van der Waals surface area contributed by atoms with E-state index in [1.54, 1.807) is 25.1 Å². The van der Waals surface area contributed by atoms with Crippen LogP contribution in [-0.4, -0.2) is 77.2 Å². The fourth-order valence-electron chi connectivity index (χ4n) is 7.16. The Morgan fingerprint density at radius 2 is 1.73 bits per heavy atom. The summed E-state index contributed by atoms with van der Waals surface area (Å²) in [6, 6.07) is 11.0. The van der Waals surface area contributed by atoms with Crippen molar-refractivity contribution >= 4 is 52.7 Å². The molecule has 322 valence electrons. The maximum absolute atomic E-state index is 12.8. The van der Waals surface area contributed by atoms with Gasteiger partial charge in [0.1, 0.15) is 17.6 Å². The van der Waals surface area contributed by atoms with Gasteiger partial charge in [-0.25, -0.2) is 0 Å². The van der Waals surface area contributed by atoms with Crippen LogP contribution in [0.15, 0.2) is 79.6 Å². The molecule has 1 unspecified atom stereocenters. The number of nitrogens with zero attached hydrogens (tertiary/aromatic N) is 2. The van der Waals surface area contributed by atoms with Gasteiger partial charge in [0.15, 0.2) is 0 Å². The molecule has 11 heteroatoms. The number of unbranched alkanes of at least 4 members (excludes halogenated alkanes) is 4. The van der Waals surface area contributed by atoms with E-state index in [-0.39, 0.29) is 31.5 Å². The van der Waals surface area contributed by atoms with Crippen molar-refractivity contribution in [3.8, 4) is 5.75 Å².